The first-order valence-electron chi connectivity index (χ1n) is 7.87. The smallest absolute Gasteiger partial charge is 0.241 e. The lowest BCUT2D eigenvalue weighted by Crippen LogP contribution is -2.40. The molecule has 0 aliphatic carbocycles. The summed E-state index contributed by atoms with van der Waals surface area (Å²) in [6, 6.07) is 10.4. The number of nitrogens with one attached hydrogen (secondary N) is 1. The van der Waals surface area contributed by atoms with E-state index in [2.05, 4.69) is 41.4 Å². The van der Waals surface area contributed by atoms with Crippen LogP contribution in [-0.4, -0.2) is 55.1 Å². The minimum atomic E-state index is -0.0303. The minimum absolute atomic E-state index is 0.0303. The number of carbonyl (C=O) groups is 1. The Morgan fingerprint density at radius 1 is 1.24 bits per heavy atom. The maximum absolute atomic E-state index is 12.6. The van der Waals surface area contributed by atoms with Crippen LogP contribution >= 0.6 is 0 Å². The number of hydrogen-bond acceptors (Lipinski definition) is 3. The quantitative estimate of drug-likeness (QED) is 0.830. The highest BCUT2D eigenvalue weighted by Gasteiger charge is 2.36. The summed E-state index contributed by atoms with van der Waals surface area (Å²) in [6.45, 7) is 3.85. The second-order valence-electron chi connectivity index (χ2n) is 6.00. The van der Waals surface area contributed by atoms with Gasteiger partial charge in [0.25, 0.3) is 0 Å². The number of hydrogen-bond donors (Lipinski definition) is 1. The van der Waals surface area contributed by atoms with Crippen molar-refractivity contribution in [3.63, 3.8) is 0 Å². The standard InChI is InChI=1S/C17H27N3O/c1-4-16-18-15(11-10-14-8-6-5-7-9-14)17(21)20(16)13-12-19(2)3/h5-9,15-16,18H,4,10-13H2,1-3H3. The zero-order valence-corrected chi connectivity index (χ0v) is 13.4. The second kappa shape index (κ2) is 7.57. The van der Waals surface area contributed by atoms with Gasteiger partial charge in [-0.2, -0.15) is 0 Å². The summed E-state index contributed by atoms with van der Waals surface area (Å²) in [7, 11) is 4.09. The normalized spacial score (nSPS) is 22.3. The number of rotatable bonds is 7. The van der Waals surface area contributed by atoms with Crippen molar-refractivity contribution in [2.24, 2.45) is 0 Å². The van der Waals surface area contributed by atoms with Gasteiger partial charge in [-0.1, -0.05) is 37.3 Å². The van der Waals surface area contributed by atoms with Crippen LogP contribution in [0.3, 0.4) is 0 Å². The number of likely N-dealkylation sites (N-methyl/N-ethyl adjacent to an activating group) is 1. The highest BCUT2D eigenvalue weighted by molar-refractivity contribution is 5.84. The summed E-state index contributed by atoms with van der Waals surface area (Å²) in [5.41, 5.74) is 1.30. The van der Waals surface area contributed by atoms with Gasteiger partial charge in [0.05, 0.1) is 12.2 Å². The fourth-order valence-corrected chi connectivity index (χ4v) is 2.82. The van der Waals surface area contributed by atoms with Gasteiger partial charge < -0.3 is 9.80 Å². The van der Waals surface area contributed by atoms with Crippen molar-refractivity contribution in [2.75, 3.05) is 27.2 Å². The van der Waals surface area contributed by atoms with Crippen molar-refractivity contribution < 1.29 is 4.79 Å². The van der Waals surface area contributed by atoms with Crippen molar-refractivity contribution in [1.82, 2.24) is 15.1 Å². The molecular weight excluding hydrogens is 262 g/mol. The maximum atomic E-state index is 12.6. The van der Waals surface area contributed by atoms with Crippen LogP contribution < -0.4 is 5.32 Å². The molecular formula is C17H27N3O. The third-order valence-electron chi connectivity index (χ3n) is 4.09. The lowest BCUT2D eigenvalue weighted by atomic mass is 10.1. The molecule has 1 aromatic carbocycles. The minimum Gasteiger partial charge on any atom is -0.325 e. The van der Waals surface area contributed by atoms with E-state index in [4.69, 9.17) is 0 Å². The molecule has 1 N–H and O–H groups in total. The van der Waals surface area contributed by atoms with Crippen molar-refractivity contribution in [2.45, 2.75) is 38.4 Å². The third-order valence-corrected chi connectivity index (χ3v) is 4.09. The van der Waals surface area contributed by atoms with Gasteiger partial charge in [-0.3, -0.25) is 10.1 Å². The maximum Gasteiger partial charge on any atom is 0.241 e. The molecule has 4 heteroatoms. The average molecular weight is 289 g/mol. The van der Waals surface area contributed by atoms with Crippen molar-refractivity contribution >= 4 is 5.91 Å². The molecule has 2 atom stereocenters. The lowest BCUT2D eigenvalue weighted by Gasteiger charge is -2.24. The average Bonchev–Trinajstić information content (AvgIpc) is 2.79. The Bertz CT molecular complexity index is 447. The predicted molar refractivity (Wildman–Crippen MR) is 86.0 cm³/mol. The van der Waals surface area contributed by atoms with Gasteiger partial charge in [-0.15, -0.1) is 0 Å². The monoisotopic (exact) mass is 289 g/mol. The molecule has 1 saturated heterocycles. The number of aryl methyl sites for hydroxylation is 1. The highest BCUT2D eigenvalue weighted by Crippen LogP contribution is 2.17. The number of benzene rings is 1. The summed E-state index contributed by atoms with van der Waals surface area (Å²) >= 11 is 0. The van der Waals surface area contributed by atoms with E-state index in [0.717, 1.165) is 32.4 Å². The van der Waals surface area contributed by atoms with Gasteiger partial charge in [0.15, 0.2) is 0 Å². The van der Waals surface area contributed by atoms with E-state index >= 15 is 0 Å². The van der Waals surface area contributed by atoms with E-state index in [1.54, 1.807) is 0 Å². The molecule has 2 rings (SSSR count). The fraction of sp³-hybridized carbons (Fsp3) is 0.588. The molecule has 1 fully saturated rings. The molecule has 0 spiro atoms. The summed E-state index contributed by atoms with van der Waals surface area (Å²) in [5, 5.41) is 3.49. The fourth-order valence-electron chi connectivity index (χ4n) is 2.82. The van der Waals surface area contributed by atoms with E-state index in [0.29, 0.717) is 0 Å². The summed E-state index contributed by atoms with van der Waals surface area (Å²) < 4.78 is 0. The van der Waals surface area contributed by atoms with Gasteiger partial charge in [-0.25, -0.2) is 0 Å². The Balaban J connectivity index is 1.91. The Labute approximate surface area is 128 Å². The zero-order chi connectivity index (χ0) is 15.2. The van der Waals surface area contributed by atoms with Crippen LogP contribution in [0.5, 0.6) is 0 Å². The van der Waals surface area contributed by atoms with E-state index in [1.807, 2.05) is 25.1 Å². The predicted octanol–water partition coefficient (Wildman–Crippen LogP) is 1.72. The van der Waals surface area contributed by atoms with E-state index in [-0.39, 0.29) is 18.1 Å². The van der Waals surface area contributed by atoms with E-state index in [1.165, 1.54) is 5.56 Å². The van der Waals surface area contributed by atoms with Crippen LogP contribution in [0.15, 0.2) is 30.3 Å². The topological polar surface area (TPSA) is 35.6 Å². The zero-order valence-electron chi connectivity index (χ0n) is 13.4. The van der Waals surface area contributed by atoms with Crippen LogP contribution in [0.1, 0.15) is 25.3 Å². The SMILES string of the molecule is CCC1NC(CCc2ccccc2)C(=O)N1CCN(C)C. The first-order valence-corrected chi connectivity index (χ1v) is 7.87. The molecule has 1 aliphatic rings. The Hall–Kier alpha value is -1.39. The van der Waals surface area contributed by atoms with E-state index in [9.17, 15) is 4.79 Å². The Morgan fingerprint density at radius 3 is 2.57 bits per heavy atom. The third kappa shape index (κ3) is 4.29. The van der Waals surface area contributed by atoms with Gasteiger partial charge >= 0.3 is 0 Å². The second-order valence-corrected chi connectivity index (χ2v) is 6.00. The van der Waals surface area contributed by atoms with Crippen LogP contribution in [0.25, 0.3) is 0 Å². The number of nitrogens with zero attached hydrogens (tertiary/aromatic N) is 2. The van der Waals surface area contributed by atoms with Gasteiger partial charge in [0.2, 0.25) is 5.91 Å². The molecule has 2 unspecified atom stereocenters. The highest BCUT2D eigenvalue weighted by atomic mass is 16.2. The summed E-state index contributed by atoms with van der Waals surface area (Å²) in [4.78, 5) is 16.7. The summed E-state index contributed by atoms with van der Waals surface area (Å²) in [6.07, 6.45) is 2.97. The van der Waals surface area contributed by atoms with Gasteiger partial charge in [0, 0.05) is 13.1 Å². The molecule has 0 saturated carbocycles. The lowest BCUT2D eigenvalue weighted by molar-refractivity contribution is -0.130. The molecule has 1 heterocycles. The Morgan fingerprint density at radius 2 is 1.95 bits per heavy atom. The van der Waals surface area contributed by atoms with Gasteiger partial charge in [0.1, 0.15) is 0 Å². The molecule has 1 aliphatic heterocycles. The molecule has 116 valence electrons. The number of carbonyl (C=O) groups excluding carboxylic acids is 1. The van der Waals surface area contributed by atoms with Crippen molar-refractivity contribution in [3.8, 4) is 0 Å². The van der Waals surface area contributed by atoms with Crippen LogP contribution in [-0.2, 0) is 11.2 Å². The van der Waals surface area contributed by atoms with Crippen LogP contribution in [0.4, 0.5) is 0 Å². The first kappa shape index (κ1) is 16.0. The molecule has 0 radical (unpaired) electrons. The Kier molecular flexibility index (Phi) is 5.76. The molecule has 0 bridgehead atoms. The molecule has 0 aromatic heterocycles. The van der Waals surface area contributed by atoms with E-state index < -0.39 is 0 Å². The van der Waals surface area contributed by atoms with Crippen molar-refractivity contribution in [1.29, 1.82) is 0 Å². The van der Waals surface area contributed by atoms with Crippen LogP contribution in [0, 0.1) is 0 Å². The summed E-state index contributed by atoms with van der Waals surface area (Å²) in [5.74, 6) is 0.264. The molecule has 1 amide bonds. The van der Waals surface area contributed by atoms with Gasteiger partial charge in [-0.05, 0) is 38.9 Å². The number of amides is 1. The van der Waals surface area contributed by atoms with Crippen molar-refractivity contribution in [3.05, 3.63) is 35.9 Å². The molecule has 4 nitrogen and oxygen atoms in total. The first-order chi connectivity index (χ1) is 10.1. The largest absolute Gasteiger partial charge is 0.325 e. The molecule has 1 aromatic rings. The van der Waals surface area contributed by atoms with Crippen LogP contribution in [0.2, 0.25) is 0 Å². The molecule has 21 heavy (non-hydrogen) atoms.